The van der Waals surface area contributed by atoms with E-state index in [0.29, 0.717) is 19.6 Å². The van der Waals surface area contributed by atoms with Gasteiger partial charge in [0.25, 0.3) is 0 Å². The minimum absolute atomic E-state index is 0.0514. The average molecular weight is 316 g/mol. The largest absolute Gasteiger partial charge is 0.497 e. The summed E-state index contributed by atoms with van der Waals surface area (Å²) in [5.74, 6) is 1.58. The average Bonchev–Trinajstić information content (AvgIpc) is 2.62. The maximum Gasteiger partial charge on any atom is 0.119 e. The number of hydrogen-bond acceptors (Lipinski definition) is 4. The van der Waals surface area contributed by atoms with E-state index in [9.17, 15) is 0 Å². The van der Waals surface area contributed by atoms with Gasteiger partial charge >= 0.3 is 0 Å². The van der Waals surface area contributed by atoms with Crippen molar-refractivity contribution in [2.75, 3.05) is 20.3 Å². The number of hydrogen-bond donors (Lipinski definition) is 1. The van der Waals surface area contributed by atoms with Gasteiger partial charge in [0, 0.05) is 6.61 Å². The smallest absolute Gasteiger partial charge is 0.119 e. The van der Waals surface area contributed by atoms with Gasteiger partial charge in [0.1, 0.15) is 18.1 Å². The van der Waals surface area contributed by atoms with E-state index in [2.05, 4.69) is 0 Å². The predicted molar refractivity (Wildman–Crippen MR) is 89.8 cm³/mol. The fourth-order valence-electron chi connectivity index (χ4n) is 2.18. The molecule has 4 heteroatoms. The Balaban J connectivity index is 1.84. The summed E-state index contributed by atoms with van der Waals surface area (Å²) >= 11 is 0. The Morgan fingerprint density at radius 3 is 2.30 bits per heavy atom. The Kier molecular flexibility index (Phi) is 7.43. The van der Waals surface area contributed by atoms with Crippen LogP contribution in [-0.4, -0.2) is 31.5 Å². The van der Waals surface area contributed by atoms with E-state index >= 15 is 0 Å². The quantitative estimate of drug-likeness (QED) is 0.729. The molecule has 23 heavy (non-hydrogen) atoms. The molecule has 0 aliphatic rings. The lowest BCUT2D eigenvalue weighted by molar-refractivity contribution is 0.00123. The summed E-state index contributed by atoms with van der Waals surface area (Å²) in [7, 11) is 1.64. The molecule has 2 rings (SSSR count). The monoisotopic (exact) mass is 316 g/mol. The molecule has 0 aliphatic carbocycles. The van der Waals surface area contributed by atoms with Crippen LogP contribution in [0.3, 0.4) is 0 Å². The normalized spacial score (nSPS) is 11.9. The van der Waals surface area contributed by atoms with Crippen molar-refractivity contribution in [2.24, 2.45) is 0 Å². The van der Waals surface area contributed by atoms with E-state index in [4.69, 9.17) is 19.3 Å². The molecular weight excluding hydrogens is 292 g/mol. The number of rotatable bonds is 10. The summed E-state index contributed by atoms with van der Waals surface area (Å²) < 4.78 is 16.9. The molecule has 124 valence electrons. The highest BCUT2D eigenvalue weighted by Gasteiger charge is 2.10. The van der Waals surface area contributed by atoms with Gasteiger partial charge in [-0.1, -0.05) is 30.3 Å². The Bertz CT molecular complexity index is 539. The highest BCUT2D eigenvalue weighted by atomic mass is 16.5. The van der Waals surface area contributed by atoms with Crippen LogP contribution in [0.15, 0.2) is 54.6 Å². The SMILES string of the molecule is COc1ccc(OCC(CCCO)OCc2ccccc2)cc1. The number of aliphatic hydroxyl groups is 1. The molecule has 0 spiro atoms. The highest BCUT2D eigenvalue weighted by Crippen LogP contribution is 2.18. The molecule has 0 radical (unpaired) electrons. The molecule has 0 heterocycles. The first-order chi connectivity index (χ1) is 11.3. The molecule has 4 nitrogen and oxygen atoms in total. The maximum atomic E-state index is 9.03. The minimum Gasteiger partial charge on any atom is -0.497 e. The van der Waals surface area contributed by atoms with Crippen LogP contribution < -0.4 is 9.47 Å². The Morgan fingerprint density at radius 2 is 1.65 bits per heavy atom. The van der Waals surface area contributed by atoms with Gasteiger partial charge in [-0.25, -0.2) is 0 Å². The van der Waals surface area contributed by atoms with Crippen LogP contribution in [0.25, 0.3) is 0 Å². The molecule has 0 aromatic heterocycles. The second-order valence-corrected chi connectivity index (χ2v) is 5.27. The standard InChI is InChI=1S/C19H24O4/c1-21-17-9-11-18(12-10-17)23-15-19(8-5-13-20)22-14-16-6-3-2-4-7-16/h2-4,6-7,9-12,19-20H,5,8,13-15H2,1H3. The lowest BCUT2D eigenvalue weighted by Gasteiger charge is -2.18. The van der Waals surface area contributed by atoms with Crippen molar-refractivity contribution in [1.82, 2.24) is 0 Å². The Hall–Kier alpha value is -2.04. The molecule has 2 aromatic carbocycles. The van der Waals surface area contributed by atoms with E-state index in [-0.39, 0.29) is 12.7 Å². The zero-order valence-corrected chi connectivity index (χ0v) is 13.5. The van der Waals surface area contributed by atoms with E-state index in [1.54, 1.807) is 7.11 Å². The van der Waals surface area contributed by atoms with Crippen molar-refractivity contribution in [3.8, 4) is 11.5 Å². The number of ether oxygens (including phenoxy) is 3. The molecule has 0 fully saturated rings. The summed E-state index contributed by atoms with van der Waals surface area (Å²) in [5, 5.41) is 9.03. The third-order valence-electron chi connectivity index (χ3n) is 3.51. The minimum atomic E-state index is -0.0514. The molecule has 0 bridgehead atoms. The topological polar surface area (TPSA) is 47.9 Å². The highest BCUT2D eigenvalue weighted by molar-refractivity contribution is 5.31. The van der Waals surface area contributed by atoms with E-state index in [1.807, 2.05) is 54.6 Å². The fourth-order valence-corrected chi connectivity index (χ4v) is 2.18. The van der Waals surface area contributed by atoms with E-state index < -0.39 is 0 Å². The lowest BCUT2D eigenvalue weighted by atomic mass is 10.2. The molecule has 1 unspecified atom stereocenters. The Morgan fingerprint density at radius 1 is 0.957 bits per heavy atom. The van der Waals surface area contributed by atoms with Crippen LogP contribution in [0.4, 0.5) is 0 Å². The molecule has 0 saturated carbocycles. The second-order valence-electron chi connectivity index (χ2n) is 5.27. The van der Waals surface area contributed by atoms with Gasteiger partial charge in [0.2, 0.25) is 0 Å². The van der Waals surface area contributed by atoms with E-state index in [1.165, 1.54) is 0 Å². The zero-order valence-electron chi connectivity index (χ0n) is 13.5. The van der Waals surface area contributed by atoms with Gasteiger partial charge in [-0.2, -0.15) is 0 Å². The molecule has 1 N–H and O–H groups in total. The van der Waals surface area contributed by atoms with Gasteiger partial charge in [-0.3, -0.25) is 0 Å². The number of aliphatic hydroxyl groups excluding tert-OH is 1. The summed E-state index contributed by atoms with van der Waals surface area (Å²) in [6.07, 6.45) is 1.41. The first-order valence-electron chi connectivity index (χ1n) is 7.85. The number of benzene rings is 2. The van der Waals surface area contributed by atoms with Crippen molar-refractivity contribution in [3.63, 3.8) is 0 Å². The first kappa shape index (κ1) is 17.3. The molecule has 1 atom stereocenters. The van der Waals surface area contributed by atoms with E-state index in [0.717, 1.165) is 23.5 Å². The van der Waals surface area contributed by atoms with Crippen molar-refractivity contribution >= 4 is 0 Å². The fraction of sp³-hybridized carbons (Fsp3) is 0.368. The summed E-state index contributed by atoms with van der Waals surface area (Å²) in [6.45, 7) is 1.16. The van der Waals surface area contributed by atoms with Gasteiger partial charge in [-0.05, 0) is 42.7 Å². The summed E-state index contributed by atoms with van der Waals surface area (Å²) in [5.41, 5.74) is 1.13. The third-order valence-corrected chi connectivity index (χ3v) is 3.51. The van der Waals surface area contributed by atoms with Crippen molar-refractivity contribution in [1.29, 1.82) is 0 Å². The maximum absolute atomic E-state index is 9.03. The number of methoxy groups -OCH3 is 1. The van der Waals surface area contributed by atoms with Crippen LogP contribution in [0, 0.1) is 0 Å². The van der Waals surface area contributed by atoms with Gasteiger partial charge in [0.05, 0.1) is 19.8 Å². The molecule has 0 aliphatic heterocycles. The third kappa shape index (κ3) is 6.30. The van der Waals surface area contributed by atoms with Crippen molar-refractivity contribution in [3.05, 3.63) is 60.2 Å². The molecular formula is C19H24O4. The van der Waals surface area contributed by atoms with Crippen LogP contribution in [0.2, 0.25) is 0 Å². The van der Waals surface area contributed by atoms with Crippen LogP contribution in [0.5, 0.6) is 11.5 Å². The summed E-state index contributed by atoms with van der Waals surface area (Å²) in [6, 6.07) is 17.5. The molecule has 0 saturated heterocycles. The van der Waals surface area contributed by atoms with Crippen molar-refractivity contribution in [2.45, 2.75) is 25.6 Å². The van der Waals surface area contributed by atoms with Crippen LogP contribution in [0.1, 0.15) is 18.4 Å². The molecule has 2 aromatic rings. The van der Waals surface area contributed by atoms with Gasteiger partial charge in [-0.15, -0.1) is 0 Å². The Labute approximate surface area is 137 Å². The first-order valence-corrected chi connectivity index (χ1v) is 7.85. The molecule has 0 amide bonds. The zero-order chi connectivity index (χ0) is 16.3. The predicted octanol–water partition coefficient (Wildman–Crippen LogP) is 3.43. The van der Waals surface area contributed by atoms with Gasteiger partial charge < -0.3 is 19.3 Å². The summed E-state index contributed by atoms with van der Waals surface area (Å²) in [4.78, 5) is 0. The van der Waals surface area contributed by atoms with Crippen molar-refractivity contribution < 1.29 is 19.3 Å². The lowest BCUT2D eigenvalue weighted by Crippen LogP contribution is -2.22. The second kappa shape index (κ2) is 9.87. The van der Waals surface area contributed by atoms with Crippen LogP contribution in [-0.2, 0) is 11.3 Å². The van der Waals surface area contributed by atoms with Crippen LogP contribution >= 0.6 is 0 Å². The van der Waals surface area contributed by atoms with Gasteiger partial charge in [0.15, 0.2) is 0 Å².